The molecule has 92 valence electrons. The van der Waals surface area contributed by atoms with Gasteiger partial charge in [-0.1, -0.05) is 11.6 Å². The van der Waals surface area contributed by atoms with E-state index < -0.39 is 18.0 Å². The fourth-order valence-electron chi connectivity index (χ4n) is 1.04. The van der Waals surface area contributed by atoms with Crippen molar-refractivity contribution >= 4 is 41.9 Å². The van der Waals surface area contributed by atoms with Crippen LogP contribution in [0.15, 0.2) is 24.3 Å². The number of hydrogen-bond donors (Lipinski definition) is 4. The summed E-state index contributed by atoms with van der Waals surface area (Å²) in [6.45, 7) is 0. The third-order valence-electron chi connectivity index (χ3n) is 1.89. The summed E-state index contributed by atoms with van der Waals surface area (Å²) >= 11 is 9.51. The zero-order chi connectivity index (χ0) is 12.8. The van der Waals surface area contributed by atoms with E-state index >= 15 is 0 Å². The smallest absolute Gasteiger partial charge is 0.327 e. The Labute approximate surface area is 109 Å². The molecule has 0 aliphatic carbocycles. The molecule has 1 aromatic rings. The molecule has 1 aromatic carbocycles. The van der Waals surface area contributed by atoms with Crippen molar-refractivity contribution in [2.24, 2.45) is 0 Å². The van der Waals surface area contributed by atoms with Crippen LogP contribution in [0.2, 0.25) is 5.02 Å². The number of halogens is 1. The summed E-state index contributed by atoms with van der Waals surface area (Å²) in [5.74, 6) is -1.12. The van der Waals surface area contributed by atoms with Gasteiger partial charge in [-0.2, -0.15) is 12.6 Å². The maximum absolute atomic E-state index is 11.4. The number of urea groups is 1. The minimum atomic E-state index is -1.13. The van der Waals surface area contributed by atoms with E-state index in [-0.39, 0.29) is 5.75 Å². The van der Waals surface area contributed by atoms with Crippen LogP contribution in [-0.4, -0.2) is 28.9 Å². The molecule has 2 amide bonds. The molecule has 0 aliphatic rings. The summed E-state index contributed by atoms with van der Waals surface area (Å²) in [7, 11) is 0. The summed E-state index contributed by atoms with van der Waals surface area (Å²) in [5.41, 5.74) is 0.523. The number of carboxylic acid groups (broad SMARTS) is 1. The molecule has 0 saturated carbocycles. The molecule has 17 heavy (non-hydrogen) atoms. The van der Waals surface area contributed by atoms with Crippen LogP contribution < -0.4 is 10.6 Å². The van der Waals surface area contributed by atoms with Gasteiger partial charge in [-0.3, -0.25) is 0 Å². The number of carbonyl (C=O) groups excluding carboxylic acids is 1. The predicted molar refractivity (Wildman–Crippen MR) is 68.9 cm³/mol. The van der Waals surface area contributed by atoms with E-state index in [0.29, 0.717) is 10.7 Å². The van der Waals surface area contributed by atoms with Crippen molar-refractivity contribution in [2.75, 3.05) is 11.1 Å². The average Bonchev–Trinajstić information content (AvgIpc) is 2.28. The highest BCUT2D eigenvalue weighted by atomic mass is 35.5. The van der Waals surface area contributed by atoms with Crippen molar-refractivity contribution in [1.82, 2.24) is 5.32 Å². The van der Waals surface area contributed by atoms with E-state index in [4.69, 9.17) is 16.7 Å². The number of nitrogens with one attached hydrogen (secondary N) is 2. The lowest BCUT2D eigenvalue weighted by Crippen LogP contribution is -2.44. The summed E-state index contributed by atoms with van der Waals surface area (Å²) in [6, 6.07) is 4.82. The maximum Gasteiger partial charge on any atom is 0.327 e. The average molecular weight is 275 g/mol. The van der Waals surface area contributed by atoms with Gasteiger partial charge in [-0.05, 0) is 24.3 Å². The SMILES string of the molecule is O=C(Nc1ccc(Cl)cc1)N[C@H](CS)C(=O)O. The summed E-state index contributed by atoms with van der Waals surface area (Å²) in [5, 5.41) is 14.0. The van der Waals surface area contributed by atoms with E-state index in [0.717, 1.165) is 0 Å². The normalized spacial score (nSPS) is 11.6. The molecular weight excluding hydrogens is 264 g/mol. The van der Waals surface area contributed by atoms with Gasteiger partial charge in [0.15, 0.2) is 0 Å². The van der Waals surface area contributed by atoms with Gasteiger partial charge in [-0.25, -0.2) is 9.59 Å². The molecule has 0 bridgehead atoms. The molecule has 0 radical (unpaired) electrons. The number of hydrogen-bond acceptors (Lipinski definition) is 3. The summed E-state index contributed by atoms with van der Waals surface area (Å²) in [4.78, 5) is 22.1. The number of thiol groups is 1. The minimum Gasteiger partial charge on any atom is -0.480 e. The van der Waals surface area contributed by atoms with Crippen molar-refractivity contribution in [1.29, 1.82) is 0 Å². The largest absolute Gasteiger partial charge is 0.480 e. The summed E-state index contributed by atoms with van der Waals surface area (Å²) < 4.78 is 0. The highest BCUT2D eigenvalue weighted by molar-refractivity contribution is 7.80. The molecule has 7 heteroatoms. The van der Waals surface area contributed by atoms with E-state index in [1.165, 1.54) is 0 Å². The summed E-state index contributed by atoms with van der Waals surface area (Å²) in [6.07, 6.45) is 0. The highest BCUT2D eigenvalue weighted by Crippen LogP contribution is 2.13. The first kappa shape index (κ1) is 13.7. The predicted octanol–water partition coefficient (Wildman–Crippen LogP) is 1.84. The van der Waals surface area contributed by atoms with Gasteiger partial charge in [0.2, 0.25) is 0 Å². The molecule has 0 unspecified atom stereocenters. The van der Waals surface area contributed by atoms with E-state index in [9.17, 15) is 9.59 Å². The number of rotatable bonds is 4. The van der Waals surface area contributed by atoms with Crippen molar-refractivity contribution in [3.8, 4) is 0 Å². The topological polar surface area (TPSA) is 78.4 Å². The minimum absolute atomic E-state index is 0.0172. The Bertz CT molecular complexity index is 411. The van der Waals surface area contributed by atoms with Gasteiger partial charge < -0.3 is 15.7 Å². The van der Waals surface area contributed by atoms with Crippen LogP contribution >= 0.6 is 24.2 Å². The molecule has 0 saturated heterocycles. The van der Waals surface area contributed by atoms with Crippen molar-refractivity contribution in [2.45, 2.75) is 6.04 Å². The van der Waals surface area contributed by atoms with Crippen molar-refractivity contribution in [3.05, 3.63) is 29.3 Å². The molecule has 0 fully saturated rings. The third kappa shape index (κ3) is 4.54. The fraction of sp³-hybridized carbons (Fsp3) is 0.200. The molecule has 1 atom stereocenters. The lowest BCUT2D eigenvalue weighted by Gasteiger charge is -2.12. The Kier molecular flexibility index (Phi) is 5.11. The number of carboxylic acids is 1. The fourth-order valence-corrected chi connectivity index (χ4v) is 1.42. The Hall–Kier alpha value is -1.40. The Morgan fingerprint density at radius 2 is 1.94 bits per heavy atom. The number of amides is 2. The van der Waals surface area contributed by atoms with Gasteiger partial charge in [-0.15, -0.1) is 0 Å². The van der Waals surface area contributed by atoms with Crippen LogP contribution in [-0.2, 0) is 4.79 Å². The standard InChI is InChI=1S/C10H11ClN2O3S/c11-6-1-3-7(4-2-6)12-10(16)13-8(5-17)9(14)15/h1-4,8,17H,5H2,(H,14,15)(H2,12,13,16)/t8-/m1/s1. The van der Waals surface area contributed by atoms with Crippen molar-refractivity contribution < 1.29 is 14.7 Å². The second-order valence-electron chi connectivity index (χ2n) is 3.18. The monoisotopic (exact) mass is 274 g/mol. The second-order valence-corrected chi connectivity index (χ2v) is 3.98. The highest BCUT2D eigenvalue weighted by Gasteiger charge is 2.17. The zero-order valence-corrected chi connectivity index (χ0v) is 10.3. The quantitative estimate of drug-likeness (QED) is 0.633. The van der Waals surface area contributed by atoms with Gasteiger partial charge in [0.25, 0.3) is 0 Å². The number of anilines is 1. The molecule has 0 aliphatic heterocycles. The molecule has 0 heterocycles. The van der Waals surface area contributed by atoms with Gasteiger partial charge in [0.1, 0.15) is 6.04 Å². The van der Waals surface area contributed by atoms with E-state index in [1.54, 1.807) is 24.3 Å². The van der Waals surface area contributed by atoms with E-state index in [1.807, 2.05) is 0 Å². The second kappa shape index (κ2) is 6.36. The van der Waals surface area contributed by atoms with Crippen LogP contribution in [0, 0.1) is 0 Å². The maximum atomic E-state index is 11.4. The van der Waals surface area contributed by atoms with Gasteiger partial charge in [0, 0.05) is 16.5 Å². The lowest BCUT2D eigenvalue weighted by molar-refractivity contribution is -0.138. The molecule has 3 N–H and O–H groups in total. The molecule has 5 nitrogen and oxygen atoms in total. The first-order valence-electron chi connectivity index (χ1n) is 4.69. The zero-order valence-electron chi connectivity index (χ0n) is 8.68. The first-order valence-corrected chi connectivity index (χ1v) is 5.70. The molecule has 0 aromatic heterocycles. The number of benzene rings is 1. The van der Waals surface area contributed by atoms with Crippen LogP contribution in [0.1, 0.15) is 0 Å². The van der Waals surface area contributed by atoms with Crippen LogP contribution in [0.25, 0.3) is 0 Å². The Morgan fingerprint density at radius 3 is 2.41 bits per heavy atom. The van der Waals surface area contributed by atoms with Gasteiger partial charge >= 0.3 is 12.0 Å². The lowest BCUT2D eigenvalue weighted by atomic mass is 10.3. The van der Waals surface area contributed by atoms with Crippen molar-refractivity contribution in [3.63, 3.8) is 0 Å². The Morgan fingerprint density at radius 1 is 1.35 bits per heavy atom. The van der Waals surface area contributed by atoms with Crippen LogP contribution in [0.4, 0.5) is 10.5 Å². The Balaban J connectivity index is 2.54. The molecule has 0 spiro atoms. The van der Waals surface area contributed by atoms with Crippen LogP contribution in [0.5, 0.6) is 0 Å². The molecule has 1 rings (SSSR count). The first-order chi connectivity index (χ1) is 8.02. The number of carbonyl (C=O) groups is 2. The molecular formula is C10H11ClN2O3S. The van der Waals surface area contributed by atoms with E-state index in [2.05, 4.69) is 23.3 Å². The number of aliphatic carboxylic acids is 1. The van der Waals surface area contributed by atoms with Crippen LogP contribution in [0.3, 0.4) is 0 Å². The third-order valence-corrected chi connectivity index (χ3v) is 2.51. The van der Waals surface area contributed by atoms with Gasteiger partial charge in [0.05, 0.1) is 0 Å².